The summed E-state index contributed by atoms with van der Waals surface area (Å²) in [6.45, 7) is 4.17. The molecular weight excluding hydrogens is 334 g/mol. The SMILES string of the molecule is CCC1(C)C(Cl)CC1Oc1cc(Br)cc([N+](=O)[O-])c1. The first-order valence-corrected chi connectivity index (χ1v) is 7.35. The molecule has 0 bridgehead atoms. The molecule has 0 aromatic heterocycles. The van der Waals surface area contributed by atoms with Gasteiger partial charge >= 0.3 is 0 Å². The van der Waals surface area contributed by atoms with E-state index in [1.54, 1.807) is 6.07 Å². The molecule has 0 amide bonds. The maximum Gasteiger partial charge on any atom is 0.274 e. The van der Waals surface area contributed by atoms with Crippen molar-refractivity contribution < 1.29 is 9.66 Å². The third-order valence-electron chi connectivity index (χ3n) is 3.98. The molecule has 104 valence electrons. The van der Waals surface area contributed by atoms with Gasteiger partial charge in [-0.25, -0.2) is 0 Å². The minimum absolute atomic E-state index is 0.00824. The Hall–Kier alpha value is -0.810. The molecule has 0 heterocycles. The van der Waals surface area contributed by atoms with Gasteiger partial charge in [0.1, 0.15) is 11.9 Å². The number of alkyl halides is 1. The van der Waals surface area contributed by atoms with E-state index in [4.69, 9.17) is 16.3 Å². The van der Waals surface area contributed by atoms with E-state index in [1.807, 2.05) is 0 Å². The van der Waals surface area contributed by atoms with E-state index in [1.165, 1.54) is 12.1 Å². The van der Waals surface area contributed by atoms with Crippen LogP contribution in [0.4, 0.5) is 5.69 Å². The highest BCUT2D eigenvalue weighted by molar-refractivity contribution is 9.10. The lowest BCUT2D eigenvalue weighted by molar-refractivity contribution is -0.385. The summed E-state index contributed by atoms with van der Waals surface area (Å²) in [6, 6.07) is 4.64. The second-order valence-electron chi connectivity index (χ2n) is 5.07. The van der Waals surface area contributed by atoms with Crippen molar-refractivity contribution in [2.75, 3.05) is 0 Å². The summed E-state index contributed by atoms with van der Waals surface area (Å²) < 4.78 is 6.52. The van der Waals surface area contributed by atoms with Crippen LogP contribution in [0.15, 0.2) is 22.7 Å². The molecule has 0 radical (unpaired) electrons. The van der Waals surface area contributed by atoms with E-state index in [0.29, 0.717) is 10.2 Å². The van der Waals surface area contributed by atoms with Crippen molar-refractivity contribution in [1.82, 2.24) is 0 Å². The first kappa shape index (κ1) is 14.6. The molecule has 0 saturated heterocycles. The van der Waals surface area contributed by atoms with Gasteiger partial charge in [-0.05, 0) is 12.5 Å². The van der Waals surface area contributed by atoms with Crippen LogP contribution < -0.4 is 4.74 Å². The molecule has 1 fully saturated rings. The van der Waals surface area contributed by atoms with E-state index >= 15 is 0 Å². The predicted molar refractivity (Wildman–Crippen MR) is 77.9 cm³/mol. The standard InChI is InChI=1S/C13H15BrClNO3/c1-3-13(2)11(15)7-12(13)19-10-5-8(14)4-9(6-10)16(17)18/h4-6,11-12H,3,7H2,1-2H3. The Labute approximate surface area is 125 Å². The van der Waals surface area contributed by atoms with Gasteiger partial charge in [0.2, 0.25) is 0 Å². The van der Waals surface area contributed by atoms with E-state index in [9.17, 15) is 10.1 Å². The van der Waals surface area contributed by atoms with Gasteiger partial charge in [-0.15, -0.1) is 11.6 Å². The summed E-state index contributed by atoms with van der Waals surface area (Å²) in [7, 11) is 0. The van der Waals surface area contributed by atoms with Crippen LogP contribution in [0.5, 0.6) is 5.75 Å². The second kappa shape index (κ2) is 5.29. The minimum Gasteiger partial charge on any atom is -0.489 e. The van der Waals surface area contributed by atoms with Crippen molar-refractivity contribution in [1.29, 1.82) is 0 Å². The van der Waals surface area contributed by atoms with Crippen molar-refractivity contribution in [3.63, 3.8) is 0 Å². The zero-order valence-electron chi connectivity index (χ0n) is 10.7. The number of ether oxygens (including phenoxy) is 1. The second-order valence-corrected chi connectivity index (χ2v) is 6.51. The lowest BCUT2D eigenvalue weighted by Crippen LogP contribution is -2.55. The van der Waals surface area contributed by atoms with Crippen molar-refractivity contribution in [2.24, 2.45) is 5.41 Å². The van der Waals surface area contributed by atoms with E-state index < -0.39 is 4.92 Å². The fourth-order valence-electron chi connectivity index (χ4n) is 2.29. The molecule has 0 aliphatic heterocycles. The van der Waals surface area contributed by atoms with Crippen molar-refractivity contribution in [2.45, 2.75) is 38.2 Å². The summed E-state index contributed by atoms with van der Waals surface area (Å²) in [5, 5.41) is 10.9. The van der Waals surface area contributed by atoms with E-state index in [-0.39, 0.29) is 22.6 Å². The van der Waals surface area contributed by atoms with Gasteiger partial charge in [-0.1, -0.05) is 29.8 Å². The molecular formula is C13H15BrClNO3. The van der Waals surface area contributed by atoms with Crippen LogP contribution >= 0.6 is 27.5 Å². The van der Waals surface area contributed by atoms with Crippen LogP contribution in [0.3, 0.4) is 0 Å². The molecule has 4 nitrogen and oxygen atoms in total. The highest BCUT2D eigenvalue weighted by atomic mass is 79.9. The van der Waals surface area contributed by atoms with Crippen molar-refractivity contribution in [3.8, 4) is 5.75 Å². The van der Waals surface area contributed by atoms with Gasteiger partial charge < -0.3 is 4.74 Å². The van der Waals surface area contributed by atoms with E-state index in [2.05, 4.69) is 29.8 Å². The topological polar surface area (TPSA) is 52.4 Å². The first-order valence-electron chi connectivity index (χ1n) is 6.12. The van der Waals surface area contributed by atoms with Crippen LogP contribution in [-0.4, -0.2) is 16.4 Å². The molecule has 3 unspecified atom stereocenters. The Morgan fingerprint density at radius 1 is 1.58 bits per heavy atom. The summed E-state index contributed by atoms with van der Waals surface area (Å²) in [4.78, 5) is 10.4. The minimum atomic E-state index is -0.429. The maximum atomic E-state index is 10.8. The van der Waals surface area contributed by atoms with Crippen LogP contribution in [-0.2, 0) is 0 Å². The number of nitro groups is 1. The number of non-ortho nitro benzene ring substituents is 1. The Bertz CT molecular complexity index is 511. The molecule has 2 rings (SSSR count). The molecule has 0 spiro atoms. The number of hydrogen-bond donors (Lipinski definition) is 0. The Morgan fingerprint density at radius 2 is 2.26 bits per heavy atom. The quantitative estimate of drug-likeness (QED) is 0.456. The molecule has 1 aliphatic rings. The average molecular weight is 349 g/mol. The normalized spacial score (nSPS) is 29.7. The third-order valence-corrected chi connectivity index (χ3v) is 5.11. The zero-order valence-corrected chi connectivity index (χ0v) is 13.1. The largest absolute Gasteiger partial charge is 0.489 e. The molecule has 1 saturated carbocycles. The number of nitrogens with zero attached hydrogens (tertiary/aromatic N) is 1. The Morgan fingerprint density at radius 3 is 2.79 bits per heavy atom. The van der Waals surface area contributed by atoms with Crippen LogP contribution in [0.2, 0.25) is 0 Å². The fourth-order valence-corrected chi connectivity index (χ4v) is 3.20. The van der Waals surface area contributed by atoms with E-state index in [0.717, 1.165) is 12.8 Å². The van der Waals surface area contributed by atoms with Gasteiger partial charge in [0, 0.05) is 27.8 Å². The summed E-state index contributed by atoms with van der Waals surface area (Å²) in [6.07, 6.45) is 1.70. The maximum absolute atomic E-state index is 10.8. The summed E-state index contributed by atoms with van der Waals surface area (Å²) in [5.74, 6) is 0.509. The Kier molecular flexibility index (Phi) is 4.06. The Balaban J connectivity index is 2.18. The van der Waals surface area contributed by atoms with Gasteiger partial charge in [0.25, 0.3) is 5.69 Å². The number of benzene rings is 1. The number of nitro benzene ring substituents is 1. The van der Waals surface area contributed by atoms with Crippen LogP contribution in [0, 0.1) is 15.5 Å². The first-order chi connectivity index (χ1) is 8.86. The van der Waals surface area contributed by atoms with Gasteiger partial charge in [0.15, 0.2) is 0 Å². The summed E-state index contributed by atoms with van der Waals surface area (Å²) >= 11 is 9.49. The molecule has 0 N–H and O–H groups in total. The van der Waals surface area contributed by atoms with Crippen molar-refractivity contribution >= 4 is 33.2 Å². The van der Waals surface area contributed by atoms with Crippen LogP contribution in [0.1, 0.15) is 26.7 Å². The van der Waals surface area contributed by atoms with Gasteiger partial charge in [-0.2, -0.15) is 0 Å². The molecule has 1 aromatic carbocycles. The average Bonchev–Trinajstić information content (AvgIpc) is 2.36. The third kappa shape index (κ3) is 2.72. The number of halogens is 2. The monoisotopic (exact) mass is 347 g/mol. The number of hydrogen-bond acceptors (Lipinski definition) is 3. The molecule has 3 atom stereocenters. The smallest absolute Gasteiger partial charge is 0.274 e. The van der Waals surface area contributed by atoms with Gasteiger partial charge in [-0.3, -0.25) is 10.1 Å². The van der Waals surface area contributed by atoms with Gasteiger partial charge in [0.05, 0.1) is 11.0 Å². The molecule has 6 heteroatoms. The lowest BCUT2D eigenvalue weighted by atomic mass is 9.65. The predicted octanol–water partition coefficient (Wildman–Crippen LogP) is 4.53. The highest BCUT2D eigenvalue weighted by Crippen LogP contribution is 2.49. The molecule has 1 aromatic rings. The fraction of sp³-hybridized carbons (Fsp3) is 0.538. The summed E-state index contributed by atoms with van der Waals surface area (Å²) in [5.41, 5.74) is -0.0529. The van der Waals surface area contributed by atoms with Crippen LogP contribution in [0.25, 0.3) is 0 Å². The molecule has 19 heavy (non-hydrogen) atoms. The zero-order chi connectivity index (χ0) is 14.2. The van der Waals surface area contributed by atoms with Crippen molar-refractivity contribution in [3.05, 3.63) is 32.8 Å². The lowest BCUT2D eigenvalue weighted by Gasteiger charge is -2.50. The highest BCUT2D eigenvalue weighted by Gasteiger charge is 2.51. The molecule has 1 aliphatic carbocycles. The number of rotatable bonds is 4.